The number of carbonyl (C=O) groups excluding carboxylic acids is 1. The van der Waals surface area contributed by atoms with E-state index in [1.807, 2.05) is 5.32 Å². The molecule has 2 amide bonds. The van der Waals surface area contributed by atoms with Crippen molar-refractivity contribution >= 4 is 29.1 Å². The molecule has 1 atom stereocenters. The van der Waals surface area contributed by atoms with Gasteiger partial charge >= 0.3 is 12.2 Å². The topological polar surface area (TPSA) is 50.4 Å². The van der Waals surface area contributed by atoms with Gasteiger partial charge in [0.2, 0.25) is 0 Å². The van der Waals surface area contributed by atoms with E-state index in [9.17, 15) is 18.0 Å². The number of anilines is 1. The lowest BCUT2D eigenvalue weighted by Crippen LogP contribution is -2.60. The Morgan fingerprint density at radius 3 is 2.48 bits per heavy atom. The quantitative estimate of drug-likeness (QED) is 0.770. The largest absolute Gasteiger partial charge is 0.455 e. The summed E-state index contributed by atoms with van der Waals surface area (Å²) in [5.74, 6) is -0.169. The average Bonchev–Trinajstić information content (AvgIpc) is 2.57. The molecule has 4 rings (SSSR count). The Kier molecular flexibility index (Phi) is 3.27. The summed E-state index contributed by atoms with van der Waals surface area (Å²) in [6.45, 7) is 0. The first-order valence-electron chi connectivity index (χ1n) is 7.27. The molecule has 2 aromatic rings. The first-order valence-corrected chi connectivity index (χ1v) is 7.64. The van der Waals surface area contributed by atoms with Gasteiger partial charge in [-0.15, -0.1) is 0 Å². The van der Waals surface area contributed by atoms with Crippen molar-refractivity contribution < 1.29 is 22.7 Å². The number of ether oxygens (including phenoxy) is 1. The lowest BCUT2D eigenvalue weighted by Gasteiger charge is -2.42. The van der Waals surface area contributed by atoms with Crippen LogP contribution in [0.5, 0.6) is 5.75 Å². The highest BCUT2D eigenvalue weighted by Crippen LogP contribution is 2.54. The van der Waals surface area contributed by atoms with Crippen LogP contribution < -0.4 is 15.4 Å². The van der Waals surface area contributed by atoms with E-state index in [0.717, 1.165) is 6.08 Å². The molecule has 2 N–H and O–H groups in total. The molecule has 0 fully saturated rings. The lowest BCUT2D eigenvalue weighted by atomic mass is 9.82. The van der Waals surface area contributed by atoms with Crippen molar-refractivity contribution in [2.45, 2.75) is 11.7 Å². The second-order valence-corrected chi connectivity index (χ2v) is 6.07. The number of nitrogens with one attached hydrogen (secondary N) is 2. The second kappa shape index (κ2) is 5.16. The standard InChI is InChI=1S/C17H10ClF3N2O2/c18-10-6-7-11-13-14(10)25-12(9-4-2-1-3-5-9)8-16(13,17(19,20)21)23-15(24)22-11/h1-8H,(H2,22,23,24)/t16-/m0/s1. The van der Waals surface area contributed by atoms with Gasteiger partial charge in [0.1, 0.15) is 5.76 Å². The highest BCUT2D eigenvalue weighted by atomic mass is 35.5. The molecule has 0 unspecified atom stereocenters. The van der Waals surface area contributed by atoms with E-state index in [4.69, 9.17) is 16.3 Å². The van der Waals surface area contributed by atoms with Crippen LogP contribution in [0.1, 0.15) is 11.1 Å². The van der Waals surface area contributed by atoms with Crippen molar-refractivity contribution in [3.63, 3.8) is 0 Å². The maximum atomic E-state index is 14.1. The van der Waals surface area contributed by atoms with Gasteiger partial charge in [-0.2, -0.15) is 13.2 Å². The number of rotatable bonds is 1. The highest BCUT2D eigenvalue weighted by molar-refractivity contribution is 6.32. The Labute approximate surface area is 145 Å². The van der Waals surface area contributed by atoms with Gasteiger partial charge < -0.3 is 15.4 Å². The highest BCUT2D eigenvalue weighted by Gasteiger charge is 2.61. The number of hydrogen-bond acceptors (Lipinski definition) is 2. The molecule has 0 bridgehead atoms. The summed E-state index contributed by atoms with van der Waals surface area (Å²) in [5.41, 5.74) is -2.55. The number of alkyl halides is 3. The van der Waals surface area contributed by atoms with Crippen LogP contribution in [-0.2, 0) is 5.54 Å². The summed E-state index contributed by atoms with van der Waals surface area (Å²) in [5, 5.41) is 4.38. The molecule has 0 aromatic heterocycles. The molecule has 0 aliphatic carbocycles. The fourth-order valence-corrected chi connectivity index (χ4v) is 3.23. The molecule has 0 saturated heterocycles. The molecule has 2 heterocycles. The normalized spacial score (nSPS) is 21.4. The van der Waals surface area contributed by atoms with E-state index in [1.165, 1.54) is 12.1 Å². The molecule has 0 saturated carbocycles. The van der Waals surface area contributed by atoms with Gasteiger partial charge in [-0.1, -0.05) is 41.9 Å². The smallest absolute Gasteiger partial charge is 0.419 e. The zero-order valence-electron chi connectivity index (χ0n) is 12.4. The van der Waals surface area contributed by atoms with Gasteiger partial charge in [0.05, 0.1) is 16.3 Å². The van der Waals surface area contributed by atoms with Crippen molar-refractivity contribution in [3.8, 4) is 5.75 Å². The molecule has 0 spiro atoms. The Morgan fingerprint density at radius 2 is 1.80 bits per heavy atom. The number of benzene rings is 2. The van der Waals surface area contributed by atoms with Crippen LogP contribution in [0.3, 0.4) is 0 Å². The molecule has 2 aliphatic heterocycles. The summed E-state index contributed by atoms with van der Waals surface area (Å²) in [4.78, 5) is 11.9. The molecule has 2 aromatic carbocycles. The van der Waals surface area contributed by atoms with E-state index in [-0.39, 0.29) is 27.8 Å². The molecule has 2 aliphatic rings. The van der Waals surface area contributed by atoms with Gasteiger partial charge in [0.15, 0.2) is 11.3 Å². The van der Waals surface area contributed by atoms with Gasteiger partial charge in [-0.3, -0.25) is 0 Å². The number of carbonyl (C=O) groups is 1. The zero-order valence-corrected chi connectivity index (χ0v) is 13.2. The van der Waals surface area contributed by atoms with Gasteiger partial charge in [0, 0.05) is 5.56 Å². The summed E-state index contributed by atoms with van der Waals surface area (Å²) in [6.07, 6.45) is -3.92. The number of hydrogen-bond donors (Lipinski definition) is 2. The van der Waals surface area contributed by atoms with Crippen LogP contribution >= 0.6 is 11.6 Å². The van der Waals surface area contributed by atoms with Crippen LogP contribution in [0, 0.1) is 0 Å². The fourth-order valence-electron chi connectivity index (χ4n) is 3.03. The number of halogens is 4. The molecular weight excluding hydrogens is 357 g/mol. The van der Waals surface area contributed by atoms with Gasteiger partial charge in [-0.05, 0) is 18.2 Å². The maximum Gasteiger partial charge on any atom is 0.419 e. The molecule has 8 heteroatoms. The molecule has 0 radical (unpaired) electrons. The van der Waals surface area contributed by atoms with Gasteiger partial charge in [0.25, 0.3) is 0 Å². The van der Waals surface area contributed by atoms with Crippen molar-refractivity contribution in [1.29, 1.82) is 0 Å². The minimum Gasteiger partial charge on any atom is -0.455 e. The summed E-state index contributed by atoms with van der Waals surface area (Å²) in [6, 6.07) is 10.1. The molecule has 128 valence electrons. The van der Waals surface area contributed by atoms with Crippen LogP contribution in [0.4, 0.5) is 23.7 Å². The van der Waals surface area contributed by atoms with Crippen LogP contribution in [0.15, 0.2) is 48.5 Å². The SMILES string of the molecule is O=C1Nc2ccc(Cl)c3c2[C@](C(F)(F)F)(C=C(c2ccccc2)O3)N1. The minimum atomic E-state index is -4.80. The summed E-state index contributed by atoms with van der Waals surface area (Å²) >= 11 is 6.10. The first kappa shape index (κ1) is 15.8. The average molecular weight is 367 g/mol. The Bertz CT molecular complexity index is 912. The van der Waals surface area contributed by atoms with Crippen molar-refractivity contribution in [1.82, 2.24) is 5.32 Å². The van der Waals surface area contributed by atoms with E-state index < -0.39 is 17.7 Å². The summed E-state index contributed by atoms with van der Waals surface area (Å²) in [7, 11) is 0. The third kappa shape index (κ3) is 2.26. The number of amides is 2. The van der Waals surface area contributed by atoms with Crippen LogP contribution in [0.25, 0.3) is 5.76 Å². The predicted molar refractivity (Wildman–Crippen MR) is 86.4 cm³/mol. The van der Waals surface area contributed by atoms with Crippen molar-refractivity contribution in [2.75, 3.05) is 5.32 Å². The van der Waals surface area contributed by atoms with Gasteiger partial charge in [-0.25, -0.2) is 4.79 Å². The molecule has 4 nitrogen and oxygen atoms in total. The van der Waals surface area contributed by atoms with Crippen molar-refractivity contribution in [3.05, 3.63) is 64.7 Å². The second-order valence-electron chi connectivity index (χ2n) is 5.66. The van der Waals surface area contributed by atoms with Crippen LogP contribution in [-0.4, -0.2) is 12.2 Å². The predicted octanol–water partition coefficient (Wildman–Crippen LogP) is 4.67. The Hall–Kier alpha value is -2.67. The maximum absolute atomic E-state index is 14.1. The Balaban J connectivity index is 2.04. The lowest BCUT2D eigenvalue weighted by molar-refractivity contribution is -0.182. The zero-order chi connectivity index (χ0) is 17.8. The van der Waals surface area contributed by atoms with Crippen molar-refractivity contribution in [2.24, 2.45) is 0 Å². The van der Waals surface area contributed by atoms with E-state index in [0.29, 0.717) is 5.56 Å². The molecular formula is C17H10ClF3N2O2. The van der Waals surface area contributed by atoms with E-state index >= 15 is 0 Å². The third-order valence-corrected chi connectivity index (χ3v) is 4.43. The van der Waals surface area contributed by atoms with E-state index in [1.54, 1.807) is 30.3 Å². The minimum absolute atomic E-state index is 0.00355. The Morgan fingerprint density at radius 1 is 1.08 bits per heavy atom. The fraction of sp³-hybridized carbons (Fsp3) is 0.118. The number of urea groups is 1. The third-order valence-electron chi connectivity index (χ3n) is 4.13. The summed E-state index contributed by atoms with van der Waals surface area (Å²) < 4.78 is 48.0. The van der Waals surface area contributed by atoms with E-state index in [2.05, 4.69) is 5.32 Å². The van der Waals surface area contributed by atoms with Crippen LogP contribution in [0.2, 0.25) is 5.02 Å². The first-order chi connectivity index (χ1) is 11.8. The monoisotopic (exact) mass is 366 g/mol. The molecule has 25 heavy (non-hydrogen) atoms.